The van der Waals surface area contributed by atoms with E-state index >= 15 is 0 Å². The molecule has 0 bridgehead atoms. The van der Waals surface area contributed by atoms with Crippen LogP contribution in [0.5, 0.6) is 0 Å². The number of nitrogens with two attached hydrogens (primary N) is 1. The van der Waals surface area contributed by atoms with Gasteiger partial charge in [-0.3, -0.25) is 9.78 Å². The average molecular weight is 451 g/mol. The highest BCUT2D eigenvalue weighted by molar-refractivity contribution is 5.85. The van der Waals surface area contributed by atoms with Gasteiger partial charge in [0.1, 0.15) is 0 Å². The molecule has 0 aliphatic rings. The van der Waals surface area contributed by atoms with Crippen molar-refractivity contribution in [2.45, 2.75) is 32.0 Å². The lowest BCUT2D eigenvalue weighted by Crippen LogP contribution is -2.21. The second-order valence-electron chi connectivity index (χ2n) is 6.91. The fraction of sp³-hybridized carbons (Fsp3) is 0.318. The van der Waals surface area contributed by atoms with Crippen LogP contribution in [-0.4, -0.2) is 46.4 Å². The van der Waals surface area contributed by atoms with Crippen molar-refractivity contribution < 1.29 is 32.6 Å². The van der Waals surface area contributed by atoms with Crippen LogP contribution in [0.1, 0.15) is 23.1 Å². The minimum atomic E-state index is -5.08. The number of alkyl halides is 3. The van der Waals surface area contributed by atoms with E-state index in [1.807, 2.05) is 12.3 Å². The SMILES string of the molecule is COC(=O)CCn1cc(Cc2cccnc2)c2cc(CCN)ccc21.O=C(O)C(F)(F)F. The number of hydrogen-bond donors (Lipinski definition) is 2. The molecule has 7 nitrogen and oxygen atoms in total. The highest BCUT2D eigenvalue weighted by atomic mass is 19.4. The Bertz CT molecular complexity index is 1050. The zero-order valence-electron chi connectivity index (χ0n) is 17.4. The van der Waals surface area contributed by atoms with Crippen molar-refractivity contribution in [3.05, 3.63) is 65.6 Å². The molecule has 0 saturated carbocycles. The third-order valence-corrected chi connectivity index (χ3v) is 4.61. The van der Waals surface area contributed by atoms with Gasteiger partial charge in [-0.15, -0.1) is 0 Å². The smallest absolute Gasteiger partial charge is 0.475 e. The van der Waals surface area contributed by atoms with Crippen molar-refractivity contribution in [1.82, 2.24) is 9.55 Å². The number of aryl methyl sites for hydroxylation is 1. The zero-order chi connectivity index (χ0) is 23.7. The quantitative estimate of drug-likeness (QED) is 0.534. The monoisotopic (exact) mass is 451 g/mol. The predicted molar refractivity (Wildman–Crippen MR) is 112 cm³/mol. The molecule has 32 heavy (non-hydrogen) atoms. The van der Waals surface area contributed by atoms with Gasteiger partial charge in [0.05, 0.1) is 13.5 Å². The fourth-order valence-corrected chi connectivity index (χ4v) is 3.10. The summed E-state index contributed by atoms with van der Waals surface area (Å²) in [5, 5.41) is 8.33. The van der Waals surface area contributed by atoms with Crippen LogP contribution in [-0.2, 0) is 33.7 Å². The maximum atomic E-state index is 11.5. The molecule has 0 spiro atoms. The van der Waals surface area contributed by atoms with Crippen LogP contribution in [0, 0.1) is 0 Å². The van der Waals surface area contributed by atoms with E-state index in [1.165, 1.54) is 29.2 Å². The summed E-state index contributed by atoms with van der Waals surface area (Å²) in [6.07, 6.45) is 2.74. The number of aromatic nitrogens is 2. The summed E-state index contributed by atoms with van der Waals surface area (Å²) in [6.45, 7) is 1.24. The van der Waals surface area contributed by atoms with E-state index in [1.54, 1.807) is 6.20 Å². The van der Waals surface area contributed by atoms with Crippen molar-refractivity contribution in [3.63, 3.8) is 0 Å². The number of fused-ring (bicyclic) bond motifs is 1. The molecule has 0 aliphatic carbocycles. The van der Waals surface area contributed by atoms with Crippen molar-refractivity contribution in [2.75, 3.05) is 13.7 Å². The number of pyridine rings is 1. The number of methoxy groups -OCH3 is 1. The molecule has 0 saturated heterocycles. The van der Waals surface area contributed by atoms with Crippen molar-refractivity contribution in [2.24, 2.45) is 5.73 Å². The van der Waals surface area contributed by atoms with Crippen LogP contribution in [0.2, 0.25) is 0 Å². The van der Waals surface area contributed by atoms with E-state index in [0.29, 0.717) is 19.5 Å². The molecule has 2 aromatic heterocycles. The first-order valence-corrected chi connectivity index (χ1v) is 9.72. The minimum Gasteiger partial charge on any atom is -0.475 e. The molecule has 2 heterocycles. The molecule has 0 aliphatic heterocycles. The number of carbonyl (C=O) groups is 2. The third kappa shape index (κ3) is 7.09. The van der Waals surface area contributed by atoms with E-state index in [9.17, 15) is 18.0 Å². The number of hydrogen-bond acceptors (Lipinski definition) is 5. The number of esters is 1. The fourth-order valence-electron chi connectivity index (χ4n) is 3.10. The van der Waals surface area contributed by atoms with Gasteiger partial charge in [-0.25, -0.2) is 4.79 Å². The predicted octanol–water partition coefficient (Wildman–Crippen LogP) is 3.32. The lowest BCUT2D eigenvalue weighted by atomic mass is 10.0. The van der Waals surface area contributed by atoms with E-state index in [2.05, 4.69) is 40.0 Å². The summed E-state index contributed by atoms with van der Waals surface area (Å²) in [6, 6.07) is 10.5. The van der Waals surface area contributed by atoms with Gasteiger partial charge < -0.3 is 20.1 Å². The van der Waals surface area contributed by atoms with Gasteiger partial charge in [-0.2, -0.15) is 13.2 Å². The number of carbonyl (C=O) groups excluding carboxylic acids is 1. The molecule has 0 radical (unpaired) electrons. The van der Waals surface area contributed by atoms with Gasteiger partial charge in [-0.05, 0) is 47.9 Å². The van der Waals surface area contributed by atoms with Crippen LogP contribution in [0.3, 0.4) is 0 Å². The molecule has 3 rings (SSSR count). The van der Waals surface area contributed by atoms with Gasteiger partial charge in [0, 0.05) is 42.5 Å². The Morgan fingerprint density at radius 1 is 1.22 bits per heavy atom. The lowest BCUT2D eigenvalue weighted by Gasteiger charge is -2.05. The summed E-state index contributed by atoms with van der Waals surface area (Å²) in [5.41, 5.74) is 10.5. The normalized spacial score (nSPS) is 11.0. The molecule has 172 valence electrons. The van der Waals surface area contributed by atoms with E-state index in [-0.39, 0.29) is 5.97 Å². The molecule has 0 fully saturated rings. The number of ether oxygens (including phenoxy) is 1. The Hall–Kier alpha value is -3.40. The van der Waals surface area contributed by atoms with Crippen LogP contribution >= 0.6 is 0 Å². The van der Waals surface area contributed by atoms with Crippen molar-refractivity contribution in [1.29, 1.82) is 0 Å². The van der Waals surface area contributed by atoms with E-state index < -0.39 is 12.1 Å². The summed E-state index contributed by atoms with van der Waals surface area (Å²) in [5.74, 6) is -2.96. The number of carboxylic acid groups (broad SMARTS) is 1. The topological polar surface area (TPSA) is 107 Å². The van der Waals surface area contributed by atoms with Crippen LogP contribution in [0.25, 0.3) is 10.9 Å². The van der Waals surface area contributed by atoms with Gasteiger partial charge >= 0.3 is 18.1 Å². The highest BCUT2D eigenvalue weighted by Gasteiger charge is 2.38. The van der Waals surface area contributed by atoms with Crippen molar-refractivity contribution >= 4 is 22.8 Å². The van der Waals surface area contributed by atoms with Crippen LogP contribution in [0.15, 0.2) is 48.9 Å². The Kier molecular flexibility index (Phi) is 8.77. The molecule has 3 aromatic rings. The summed E-state index contributed by atoms with van der Waals surface area (Å²) in [4.78, 5) is 24.6. The largest absolute Gasteiger partial charge is 0.490 e. The first kappa shape index (κ1) is 24.9. The van der Waals surface area contributed by atoms with Crippen LogP contribution in [0.4, 0.5) is 13.2 Å². The number of nitrogens with zero attached hydrogens (tertiary/aromatic N) is 2. The molecular weight excluding hydrogens is 427 g/mol. The van der Waals surface area contributed by atoms with Crippen molar-refractivity contribution in [3.8, 4) is 0 Å². The van der Waals surface area contributed by atoms with Gasteiger partial charge in [0.25, 0.3) is 0 Å². The highest BCUT2D eigenvalue weighted by Crippen LogP contribution is 2.26. The zero-order valence-corrected chi connectivity index (χ0v) is 17.4. The average Bonchev–Trinajstić information content (AvgIpc) is 3.09. The number of benzene rings is 1. The second kappa shape index (κ2) is 11.3. The first-order valence-electron chi connectivity index (χ1n) is 9.72. The molecule has 0 atom stereocenters. The first-order chi connectivity index (χ1) is 15.2. The molecule has 10 heteroatoms. The van der Waals surface area contributed by atoms with Gasteiger partial charge in [-0.1, -0.05) is 12.1 Å². The molecule has 3 N–H and O–H groups in total. The Labute approximate surface area is 182 Å². The van der Waals surface area contributed by atoms with E-state index in [0.717, 1.165) is 18.4 Å². The number of rotatable bonds is 7. The molecular formula is C22H24F3N3O4. The Morgan fingerprint density at radius 3 is 2.50 bits per heavy atom. The number of aliphatic carboxylic acids is 1. The molecule has 0 unspecified atom stereocenters. The second-order valence-corrected chi connectivity index (χ2v) is 6.91. The number of halogens is 3. The summed E-state index contributed by atoms with van der Waals surface area (Å²) >= 11 is 0. The maximum absolute atomic E-state index is 11.5. The number of carboxylic acids is 1. The Morgan fingerprint density at radius 2 is 1.94 bits per heavy atom. The van der Waals surface area contributed by atoms with Crippen LogP contribution < -0.4 is 5.73 Å². The van der Waals surface area contributed by atoms with E-state index in [4.69, 9.17) is 20.4 Å². The summed E-state index contributed by atoms with van der Waals surface area (Å²) in [7, 11) is 1.42. The molecule has 0 amide bonds. The van der Waals surface area contributed by atoms with Gasteiger partial charge in [0.15, 0.2) is 0 Å². The van der Waals surface area contributed by atoms with Gasteiger partial charge in [0.2, 0.25) is 0 Å². The lowest BCUT2D eigenvalue weighted by molar-refractivity contribution is -0.192. The standard InChI is InChI=1S/C20H23N3O2.C2HF3O2/c1-25-20(24)7-10-23-14-17(11-16-3-2-9-22-13-16)18-12-15(6-8-21)4-5-19(18)23;3-2(4,5)1(6)7/h2-5,9,12-14H,6-8,10-11,21H2,1H3;(H,6,7). The minimum absolute atomic E-state index is 0.199. The summed E-state index contributed by atoms with van der Waals surface area (Å²) < 4.78 is 38.6. The maximum Gasteiger partial charge on any atom is 0.490 e. The molecule has 1 aromatic carbocycles. The third-order valence-electron chi connectivity index (χ3n) is 4.61. The Balaban J connectivity index is 0.000000451.